The molecule has 7 heteroatoms. The highest BCUT2D eigenvalue weighted by molar-refractivity contribution is 7.99. The molecule has 1 aliphatic rings. The molecule has 41 heavy (non-hydrogen) atoms. The number of hydrogen-bond donors (Lipinski definition) is 0. The van der Waals surface area contributed by atoms with Crippen LogP contribution in [0.4, 0.5) is 0 Å². The van der Waals surface area contributed by atoms with E-state index >= 15 is 0 Å². The van der Waals surface area contributed by atoms with Gasteiger partial charge in [-0.3, -0.25) is 4.79 Å². The summed E-state index contributed by atoms with van der Waals surface area (Å²) in [5.41, 5.74) is 6.58. The molecule has 0 atom stereocenters. The zero-order chi connectivity index (χ0) is 30.0. The first-order chi connectivity index (χ1) is 20.0. The van der Waals surface area contributed by atoms with Gasteiger partial charge in [0, 0.05) is 23.1 Å². The van der Waals surface area contributed by atoms with Gasteiger partial charge in [0.25, 0.3) is 0 Å². The lowest BCUT2D eigenvalue weighted by Crippen LogP contribution is -2.02. The molecule has 2 aromatic carbocycles. The third kappa shape index (κ3) is 11.4. The van der Waals surface area contributed by atoms with Crippen molar-refractivity contribution in [2.75, 3.05) is 25.6 Å². The second-order valence-corrected chi connectivity index (χ2v) is 11.5. The minimum Gasteiger partial charge on any atom is -0.493 e. The molecule has 4 rings (SSSR count). The highest BCUT2D eigenvalue weighted by Gasteiger charge is 2.15. The van der Waals surface area contributed by atoms with Gasteiger partial charge in [-0.1, -0.05) is 51.5 Å². The molecule has 0 fully saturated rings. The van der Waals surface area contributed by atoms with E-state index in [4.69, 9.17) is 14.5 Å². The molecule has 5 nitrogen and oxygen atoms in total. The van der Waals surface area contributed by atoms with Gasteiger partial charge in [0.15, 0.2) is 5.06 Å². The Labute approximate surface area is 256 Å². The predicted molar refractivity (Wildman–Crippen MR) is 175 cm³/mol. The van der Waals surface area contributed by atoms with Gasteiger partial charge in [0.1, 0.15) is 10.8 Å². The lowest BCUT2D eigenvalue weighted by Gasteiger charge is -2.12. The van der Waals surface area contributed by atoms with Gasteiger partial charge in [-0.25, -0.2) is 4.98 Å². The van der Waals surface area contributed by atoms with E-state index in [-0.39, 0.29) is 5.97 Å². The molecule has 0 N–H and O–H groups in total. The Kier molecular flexibility index (Phi) is 16.6. The maximum absolute atomic E-state index is 9.82. The van der Waals surface area contributed by atoms with Crippen molar-refractivity contribution in [1.82, 2.24) is 4.98 Å². The lowest BCUT2D eigenvalue weighted by atomic mass is 10.1. The molecule has 1 heterocycles. The third-order valence-electron chi connectivity index (χ3n) is 6.33. The minimum absolute atomic E-state index is 0.211. The topological polar surface area (TPSA) is 57.6 Å². The van der Waals surface area contributed by atoms with Crippen LogP contribution in [0.3, 0.4) is 0 Å². The number of benzene rings is 2. The normalized spacial score (nSPS) is 11.5. The van der Waals surface area contributed by atoms with Crippen molar-refractivity contribution in [2.45, 2.75) is 98.3 Å². The molecule has 0 bridgehead atoms. The maximum atomic E-state index is 9.82. The van der Waals surface area contributed by atoms with Crippen LogP contribution in [-0.2, 0) is 35.2 Å². The van der Waals surface area contributed by atoms with Gasteiger partial charge in [-0.2, -0.15) is 0 Å². The number of esters is 1. The van der Waals surface area contributed by atoms with E-state index in [0.29, 0.717) is 13.2 Å². The average Bonchev–Trinajstić information content (AvgIpc) is 3.62. The van der Waals surface area contributed by atoms with Crippen LogP contribution in [0.1, 0.15) is 90.1 Å². The Morgan fingerprint density at radius 1 is 0.976 bits per heavy atom. The zero-order valence-corrected chi connectivity index (χ0v) is 27.8. The molecular weight excluding hydrogens is 551 g/mol. The fourth-order valence-electron chi connectivity index (χ4n) is 4.52. The standard InChI is InChI=1S/C28H35NO2S2.C4H8O2.C2H6/c1-4-9-22-18-23(27-29-25(5-2)28(33-27)30-6-3)13-15-26(22)31-16-8-17-32-24-14-12-20-10-7-11-21(20)19-24;1-3-6-4(2)5;1-2/h12-15,18-19H,4-11,16-17H2,1-3H3;3H2,1-2H3;1-2H3. The summed E-state index contributed by atoms with van der Waals surface area (Å²) in [6.07, 6.45) is 7.84. The van der Waals surface area contributed by atoms with Gasteiger partial charge >= 0.3 is 5.97 Å². The molecule has 0 spiro atoms. The Bertz CT molecular complexity index is 1190. The average molecular weight is 600 g/mol. The molecule has 226 valence electrons. The molecule has 0 unspecified atom stereocenters. The van der Waals surface area contributed by atoms with Crippen molar-refractivity contribution in [2.24, 2.45) is 0 Å². The molecule has 0 saturated heterocycles. The summed E-state index contributed by atoms with van der Waals surface area (Å²) in [6.45, 7) is 15.4. The largest absolute Gasteiger partial charge is 0.493 e. The van der Waals surface area contributed by atoms with Crippen LogP contribution in [0.25, 0.3) is 10.6 Å². The van der Waals surface area contributed by atoms with Crippen LogP contribution in [0, 0.1) is 0 Å². The molecule has 3 aromatic rings. The number of aryl methyl sites for hydroxylation is 4. The Morgan fingerprint density at radius 2 is 1.76 bits per heavy atom. The van der Waals surface area contributed by atoms with Crippen LogP contribution in [0.5, 0.6) is 10.8 Å². The van der Waals surface area contributed by atoms with E-state index in [0.717, 1.165) is 65.1 Å². The summed E-state index contributed by atoms with van der Waals surface area (Å²) in [5, 5.41) is 1.98. The number of nitrogens with zero attached hydrogens (tertiary/aromatic N) is 1. The first-order valence-electron chi connectivity index (χ1n) is 15.2. The number of thioether (sulfide) groups is 1. The van der Waals surface area contributed by atoms with Crippen molar-refractivity contribution in [3.8, 4) is 21.4 Å². The van der Waals surface area contributed by atoms with Crippen molar-refractivity contribution < 1.29 is 19.0 Å². The van der Waals surface area contributed by atoms with Crippen molar-refractivity contribution in [3.05, 3.63) is 58.8 Å². The monoisotopic (exact) mass is 599 g/mol. The second kappa shape index (κ2) is 19.6. The summed E-state index contributed by atoms with van der Waals surface area (Å²) < 4.78 is 16.4. The van der Waals surface area contributed by atoms with E-state index in [9.17, 15) is 4.79 Å². The number of ether oxygens (including phenoxy) is 3. The van der Waals surface area contributed by atoms with Crippen LogP contribution in [0.2, 0.25) is 0 Å². The maximum Gasteiger partial charge on any atom is 0.302 e. The molecule has 0 amide bonds. The lowest BCUT2D eigenvalue weighted by molar-refractivity contribution is -0.140. The Morgan fingerprint density at radius 3 is 2.41 bits per heavy atom. The molecule has 0 saturated carbocycles. The van der Waals surface area contributed by atoms with Gasteiger partial charge in [-0.05, 0) is 99.4 Å². The SMILES string of the molecule is CC.CCCc1cc(-c2nc(CC)c(OCC)s2)ccc1OCCCSc1ccc2c(c1)CCC2.CCOC(C)=O. The number of thiazole rings is 1. The van der Waals surface area contributed by atoms with Crippen LogP contribution in [0.15, 0.2) is 41.3 Å². The van der Waals surface area contributed by atoms with E-state index in [1.54, 1.807) is 29.4 Å². The van der Waals surface area contributed by atoms with Crippen LogP contribution < -0.4 is 9.47 Å². The van der Waals surface area contributed by atoms with Crippen molar-refractivity contribution >= 4 is 29.1 Å². The predicted octanol–water partition coefficient (Wildman–Crippen LogP) is 9.37. The van der Waals surface area contributed by atoms with E-state index < -0.39 is 0 Å². The van der Waals surface area contributed by atoms with Crippen molar-refractivity contribution in [1.29, 1.82) is 0 Å². The highest BCUT2D eigenvalue weighted by atomic mass is 32.2. The van der Waals surface area contributed by atoms with Gasteiger partial charge in [0.2, 0.25) is 0 Å². The van der Waals surface area contributed by atoms with Gasteiger partial charge < -0.3 is 14.2 Å². The van der Waals surface area contributed by atoms with E-state index in [1.807, 2.05) is 32.5 Å². The number of hydrogen-bond acceptors (Lipinski definition) is 7. The quantitative estimate of drug-likeness (QED) is 0.111. The molecule has 1 aliphatic carbocycles. The summed E-state index contributed by atoms with van der Waals surface area (Å²) >= 11 is 3.59. The van der Waals surface area contributed by atoms with Gasteiger partial charge in [0.05, 0.1) is 25.5 Å². The Hall–Kier alpha value is -2.51. The first-order valence-corrected chi connectivity index (χ1v) is 17.1. The fourth-order valence-corrected chi connectivity index (χ4v) is 6.47. The third-order valence-corrected chi connectivity index (χ3v) is 8.47. The summed E-state index contributed by atoms with van der Waals surface area (Å²) in [6, 6.07) is 13.5. The summed E-state index contributed by atoms with van der Waals surface area (Å²) in [4.78, 5) is 16.1. The van der Waals surface area contributed by atoms with Crippen LogP contribution in [-0.4, -0.2) is 36.5 Å². The summed E-state index contributed by atoms with van der Waals surface area (Å²) in [7, 11) is 0. The number of carbonyl (C=O) groups is 1. The summed E-state index contributed by atoms with van der Waals surface area (Å²) in [5.74, 6) is 1.89. The van der Waals surface area contributed by atoms with Crippen molar-refractivity contribution in [3.63, 3.8) is 0 Å². The molecule has 0 radical (unpaired) electrons. The first kappa shape index (κ1) is 34.7. The highest BCUT2D eigenvalue weighted by Crippen LogP contribution is 2.36. The smallest absolute Gasteiger partial charge is 0.302 e. The number of rotatable bonds is 13. The second-order valence-electron chi connectivity index (χ2n) is 9.37. The zero-order valence-electron chi connectivity index (χ0n) is 26.1. The number of aromatic nitrogens is 1. The minimum atomic E-state index is -0.211. The number of carbonyl (C=O) groups excluding carboxylic acids is 1. The van der Waals surface area contributed by atoms with Gasteiger partial charge in [-0.15, -0.1) is 11.8 Å². The molecule has 1 aromatic heterocycles. The number of fused-ring (bicyclic) bond motifs is 1. The fraction of sp³-hybridized carbons (Fsp3) is 0.529. The van der Waals surface area contributed by atoms with Crippen LogP contribution >= 0.6 is 23.1 Å². The molecular formula is C34H49NO4S2. The van der Waals surface area contributed by atoms with E-state index in [1.165, 1.54) is 36.6 Å². The van der Waals surface area contributed by atoms with E-state index in [2.05, 4.69) is 55.0 Å². The Balaban J connectivity index is 0.000000654. The molecule has 0 aliphatic heterocycles.